The molecular weight excluding hydrogens is 128 g/mol. The molecule has 0 atom stereocenters. The van der Waals surface area contributed by atoms with E-state index in [1.807, 2.05) is 27.7 Å². The fourth-order valence-corrected chi connectivity index (χ4v) is 0.204. The van der Waals surface area contributed by atoms with Gasteiger partial charge in [-0.1, -0.05) is 13.8 Å². The van der Waals surface area contributed by atoms with Crippen LogP contribution >= 0.6 is 0 Å². The summed E-state index contributed by atoms with van der Waals surface area (Å²) in [6, 6.07) is 0. The Labute approximate surface area is 63.6 Å². The third-order valence-electron chi connectivity index (χ3n) is 0.680. The lowest BCUT2D eigenvalue weighted by Crippen LogP contribution is -1.84. The zero-order chi connectivity index (χ0) is 8.41. The summed E-state index contributed by atoms with van der Waals surface area (Å²) in [7, 11) is 0. The van der Waals surface area contributed by atoms with Gasteiger partial charge in [0.2, 0.25) is 0 Å². The fraction of sp³-hybridized carbons (Fsp3) is 0.875. The van der Waals surface area contributed by atoms with E-state index in [9.17, 15) is 4.79 Å². The second-order valence-electron chi connectivity index (χ2n) is 2.16. The van der Waals surface area contributed by atoms with Crippen LogP contribution in [0.25, 0.3) is 0 Å². The molecule has 0 unspecified atom stereocenters. The smallest absolute Gasteiger partial charge is 0.122 e. The van der Waals surface area contributed by atoms with Gasteiger partial charge in [-0.2, -0.15) is 0 Å². The van der Waals surface area contributed by atoms with Crippen molar-refractivity contribution >= 4 is 6.29 Å². The topological polar surface area (TPSA) is 26.3 Å². The van der Waals surface area contributed by atoms with E-state index in [4.69, 9.17) is 4.74 Å². The van der Waals surface area contributed by atoms with Crippen molar-refractivity contribution in [1.82, 2.24) is 0 Å². The number of hydrogen-bond donors (Lipinski definition) is 0. The van der Waals surface area contributed by atoms with Gasteiger partial charge in [0.05, 0.1) is 0 Å². The predicted octanol–water partition coefficient (Wildman–Crippen LogP) is 1.88. The van der Waals surface area contributed by atoms with E-state index in [1.54, 1.807) is 0 Å². The van der Waals surface area contributed by atoms with E-state index in [2.05, 4.69) is 0 Å². The largest absolute Gasteiger partial charge is 0.382 e. The van der Waals surface area contributed by atoms with E-state index in [0.717, 1.165) is 19.5 Å². The first-order chi connectivity index (χ1) is 4.68. The van der Waals surface area contributed by atoms with E-state index < -0.39 is 0 Å². The molecule has 0 saturated heterocycles. The molecule has 0 heterocycles. The maximum atomic E-state index is 9.50. The van der Waals surface area contributed by atoms with Crippen LogP contribution in [-0.2, 0) is 9.53 Å². The van der Waals surface area contributed by atoms with Crippen molar-refractivity contribution in [3.8, 4) is 0 Å². The van der Waals surface area contributed by atoms with Gasteiger partial charge in [-0.3, -0.25) is 0 Å². The van der Waals surface area contributed by atoms with Crippen molar-refractivity contribution in [2.45, 2.75) is 27.7 Å². The van der Waals surface area contributed by atoms with E-state index in [-0.39, 0.29) is 5.92 Å². The predicted molar refractivity (Wildman–Crippen MR) is 43.1 cm³/mol. The molecule has 0 N–H and O–H groups in total. The number of carbonyl (C=O) groups is 1. The Kier molecular flexibility index (Phi) is 14.1. The molecule has 2 heteroatoms. The number of carbonyl (C=O) groups excluding carboxylic acids is 1. The van der Waals surface area contributed by atoms with Crippen molar-refractivity contribution in [3.05, 3.63) is 0 Å². The lowest BCUT2D eigenvalue weighted by atomic mass is 10.3. The summed E-state index contributed by atoms with van der Waals surface area (Å²) in [5.41, 5.74) is 0. The van der Waals surface area contributed by atoms with Gasteiger partial charge in [0.15, 0.2) is 0 Å². The maximum absolute atomic E-state index is 9.50. The van der Waals surface area contributed by atoms with Gasteiger partial charge >= 0.3 is 0 Å². The molecule has 10 heavy (non-hydrogen) atoms. The van der Waals surface area contributed by atoms with E-state index in [0.29, 0.717) is 0 Å². The fourth-order valence-electron chi connectivity index (χ4n) is 0.204. The van der Waals surface area contributed by atoms with E-state index in [1.165, 1.54) is 0 Å². The first-order valence-corrected chi connectivity index (χ1v) is 3.72. The second-order valence-corrected chi connectivity index (χ2v) is 2.16. The van der Waals surface area contributed by atoms with Crippen LogP contribution in [0.3, 0.4) is 0 Å². The van der Waals surface area contributed by atoms with Crippen LogP contribution < -0.4 is 0 Å². The minimum Gasteiger partial charge on any atom is -0.382 e. The first kappa shape index (κ1) is 12.3. The quantitative estimate of drug-likeness (QED) is 0.568. The second kappa shape index (κ2) is 11.4. The van der Waals surface area contributed by atoms with Crippen LogP contribution in [0.15, 0.2) is 0 Å². The SMILES string of the molecule is CC(C)C=O.CCOCC. The molecule has 62 valence electrons. The Bertz CT molecular complexity index is 58.3. The molecule has 2 nitrogen and oxygen atoms in total. The van der Waals surface area contributed by atoms with Crippen LogP contribution in [0.4, 0.5) is 0 Å². The Morgan fingerprint density at radius 3 is 1.60 bits per heavy atom. The number of ether oxygens (including phenoxy) is 1. The van der Waals surface area contributed by atoms with Gasteiger partial charge in [0.1, 0.15) is 6.29 Å². The van der Waals surface area contributed by atoms with Gasteiger partial charge in [0, 0.05) is 19.1 Å². The monoisotopic (exact) mass is 146 g/mol. The van der Waals surface area contributed by atoms with Crippen molar-refractivity contribution in [2.75, 3.05) is 13.2 Å². The van der Waals surface area contributed by atoms with Crippen LogP contribution in [0, 0.1) is 5.92 Å². The van der Waals surface area contributed by atoms with Gasteiger partial charge in [0.25, 0.3) is 0 Å². The van der Waals surface area contributed by atoms with Crippen molar-refractivity contribution in [2.24, 2.45) is 5.92 Å². The number of hydrogen-bond acceptors (Lipinski definition) is 2. The molecule has 0 aromatic rings. The summed E-state index contributed by atoms with van der Waals surface area (Å²) in [5.74, 6) is 0.204. The lowest BCUT2D eigenvalue weighted by molar-refractivity contribution is -0.110. The Morgan fingerprint density at radius 2 is 1.60 bits per heavy atom. The average molecular weight is 146 g/mol. The minimum absolute atomic E-state index is 0.204. The van der Waals surface area contributed by atoms with Crippen LogP contribution in [-0.4, -0.2) is 19.5 Å². The number of aldehydes is 1. The zero-order valence-electron chi connectivity index (χ0n) is 7.39. The molecule has 0 aliphatic carbocycles. The molecular formula is C8H18O2. The third kappa shape index (κ3) is 25.5. The van der Waals surface area contributed by atoms with Crippen molar-refractivity contribution in [1.29, 1.82) is 0 Å². The molecule has 0 amide bonds. The lowest BCUT2D eigenvalue weighted by Gasteiger charge is -1.86. The minimum atomic E-state index is 0.204. The zero-order valence-corrected chi connectivity index (χ0v) is 7.39. The normalized spacial score (nSPS) is 8.50. The van der Waals surface area contributed by atoms with Gasteiger partial charge in [-0.05, 0) is 13.8 Å². The van der Waals surface area contributed by atoms with E-state index >= 15 is 0 Å². The molecule has 0 aliphatic rings. The number of rotatable bonds is 3. The summed E-state index contributed by atoms with van der Waals surface area (Å²) in [6.07, 6.45) is 0.917. The molecule has 0 aromatic carbocycles. The van der Waals surface area contributed by atoms with Gasteiger partial charge < -0.3 is 9.53 Å². The summed E-state index contributed by atoms with van der Waals surface area (Å²) in [5, 5.41) is 0. The third-order valence-corrected chi connectivity index (χ3v) is 0.680. The molecule has 0 bridgehead atoms. The van der Waals surface area contributed by atoms with Crippen LogP contribution in [0.5, 0.6) is 0 Å². The van der Waals surface area contributed by atoms with Gasteiger partial charge in [-0.25, -0.2) is 0 Å². The summed E-state index contributed by atoms with van der Waals surface area (Å²) < 4.78 is 4.83. The summed E-state index contributed by atoms with van der Waals surface area (Å²) in [4.78, 5) is 9.50. The highest BCUT2D eigenvalue weighted by Gasteiger charge is 1.79. The van der Waals surface area contributed by atoms with Crippen molar-refractivity contribution in [3.63, 3.8) is 0 Å². The Hall–Kier alpha value is -0.370. The van der Waals surface area contributed by atoms with Crippen LogP contribution in [0.2, 0.25) is 0 Å². The Balaban J connectivity index is 0. The molecule has 0 saturated carbocycles. The van der Waals surface area contributed by atoms with Crippen LogP contribution in [0.1, 0.15) is 27.7 Å². The summed E-state index contributed by atoms with van der Waals surface area (Å²) >= 11 is 0. The molecule has 0 fully saturated rings. The molecule has 0 radical (unpaired) electrons. The molecule has 0 rings (SSSR count). The molecule has 0 aliphatic heterocycles. The standard InChI is InChI=1S/C4H8O.C4H10O/c1-4(2)3-5;1-3-5-4-2/h3-4H,1-2H3;3-4H2,1-2H3. The first-order valence-electron chi connectivity index (χ1n) is 3.72. The summed E-state index contributed by atoms with van der Waals surface area (Å²) in [6.45, 7) is 9.38. The highest BCUT2D eigenvalue weighted by molar-refractivity contribution is 5.51. The average Bonchev–Trinajstić information content (AvgIpc) is 1.91. The Morgan fingerprint density at radius 1 is 1.30 bits per heavy atom. The highest BCUT2D eigenvalue weighted by atomic mass is 16.5. The van der Waals surface area contributed by atoms with Gasteiger partial charge in [-0.15, -0.1) is 0 Å². The molecule has 0 aromatic heterocycles. The van der Waals surface area contributed by atoms with Crippen molar-refractivity contribution < 1.29 is 9.53 Å². The maximum Gasteiger partial charge on any atom is 0.122 e. The molecule has 0 spiro atoms. The highest BCUT2D eigenvalue weighted by Crippen LogP contribution is 1.78.